The number of carbonyl (C=O) groups excluding carboxylic acids is 6. The highest BCUT2D eigenvalue weighted by atomic mass is 19.1. The fourth-order valence-corrected chi connectivity index (χ4v) is 7.02. The summed E-state index contributed by atoms with van der Waals surface area (Å²) in [5, 5.41) is 63.8. The van der Waals surface area contributed by atoms with Crippen LogP contribution < -0.4 is 43.4 Å². The number of halogens is 1. The van der Waals surface area contributed by atoms with E-state index in [1.807, 2.05) is 30.3 Å². The van der Waals surface area contributed by atoms with Gasteiger partial charge in [0.1, 0.15) is 48.7 Å². The Hall–Kier alpha value is -6.64. The Labute approximate surface area is 371 Å². The molecule has 2 aliphatic rings. The second kappa shape index (κ2) is 24.4. The molecule has 0 saturated carbocycles. The van der Waals surface area contributed by atoms with Crippen LogP contribution in [0.1, 0.15) is 61.1 Å². The second-order valence-corrected chi connectivity index (χ2v) is 15.5. The molecule has 2 aliphatic heterocycles. The first-order chi connectivity index (χ1) is 31.2. The van der Waals surface area contributed by atoms with Gasteiger partial charge in [-0.25, -0.2) is 9.36 Å². The number of benzene rings is 1. The lowest BCUT2D eigenvalue weighted by molar-refractivity contribution is -0.219. The third-order valence-corrected chi connectivity index (χ3v) is 10.5. The highest BCUT2D eigenvalue weighted by Gasteiger charge is 2.46. The van der Waals surface area contributed by atoms with Crippen LogP contribution in [0.3, 0.4) is 0 Å². The van der Waals surface area contributed by atoms with Gasteiger partial charge in [-0.3, -0.25) is 38.2 Å². The summed E-state index contributed by atoms with van der Waals surface area (Å²) in [4.78, 5) is 83.1. The van der Waals surface area contributed by atoms with Gasteiger partial charge in [0, 0.05) is 25.8 Å². The number of rotatable bonds is 18. The van der Waals surface area contributed by atoms with Gasteiger partial charge in [-0.05, 0) is 50.5 Å². The van der Waals surface area contributed by atoms with Crippen LogP contribution >= 0.6 is 0 Å². The second-order valence-electron chi connectivity index (χ2n) is 15.5. The van der Waals surface area contributed by atoms with E-state index in [4.69, 9.17) is 16.2 Å². The molecule has 354 valence electrons. The number of nitrogens with one attached hydrogen (secondary N) is 6. The van der Waals surface area contributed by atoms with E-state index in [9.17, 15) is 48.5 Å². The standard InChI is InChI=1S/C39H56FN15O10/c40-12-4-9-23-19-54(52-50-23)21-31(58)45-16-28-32(59)33(60)34(61)35(65-28)38(64)43-13-6-11-27-37(63)49-24(10-5-14-44-39(41)42)36(62)47-17-29(56)46-18-30(57)48-25(26-20-55(27)53-51-26)15-22-7-2-1-3-8-22/h1-3,7-8,19-20,24-25,27-28,32-35,59-61H,4-6,9-18,21H2,(H,43,64)(H,45,58)(H,46,56)(H,47,62)(H,48,57)(H,49,63)(H4,41,42,44)/t24-,25-,27?,28+,32?,33?,34-,35?/m0/s1. The van der Waals surface area contributed by atoms with Crippen molar-refractivity contribution in [3.8, 4) is 0 Å². The van der Waals surface area contributed by atoms with Crippen molar-refractivity contribution in [3.63, 3.8) is 0 Å². The molecular weight excluding hydrogens is 858 g/mol. The summed E-state index contributed by atoms with van der Waals surface area (Å²) in [6.45, 7) is -2.03. The van der Waals surface area contributed by atoms with Crippen LogP contribution in [0.4, 0.5) is 4.39 Å². The van der Waals surface area contributed by atoms with E-state index in [2.05, 4.69) is 57.5 Å². The number of nitrogens with zero attached hydrogens (tertiary/aromatic N) is 7. The van der Waals surface area contributed by atoms with Crippen molar-refractivity contribution in [2.45, 2.75) is 100 Å². The summed E-state index contributed by atoms with van der Waals surface area (Å²) < 4.78 is 20.7. The number of hydrogen-bond acceptors (Lipinski definition) is 15. The molecule has 8 atom stereocenters. The fraction of sp³-hybridized carbons (Fsp3) is 0.564. The number of carbonyl (C=O) groups is 6. The Kier molecular flexibility index (Phi) is 18.6. The largest absolute Gasteiger partial charge is 0.388 e. The monoisotopic (exact) mass is 913 g/mol. The first kappa shape index (κ1) is 49.4. The lowest BCUT2D eigenvalue weighted by Gasteiger charge is -2.40. The summed E-state index contributed by atoms with van der Waals surface area (Å²) >= 11 is 0. The molecule has 4 heterocycles. The van der Waals surface area contributed by atoms with Gasteiger partial charge < -0.3 is 63.4 Å². The van der Waals surface area contributed by atoms with Crippen LogP contribution in [-0.4, -0.2) is 163 Å². The summed E-state index contributed by atoms with van der Waals surface area (Å²) in [7, 11) is 0. The fourth-order valence-electron chi connectivity index (χ4n) is 7.02. The van der Waals surface area contributed by atoms with Gasteiger partial charge in [0.25, 0.3) is 5.91 Å². The van der Waals surface area contributed by atoms with Gasteiger partial charge in [-0.2, -0.15) is 0 Å². The van der Waals surface area contributed by atoms with Crippen LogP contribution in [0.15, 0.2) is 47.7 Å². The smallest absolute Gasteiger partial charge is 0.251 e. The van der Waals surface area contributed by atoms with Crippen LogP contribution in [0.5, 0.6) is 0 Å². The third kappa shape index (κ3) is 15.0. The van der Waals surface area contributed by atoms with Crippen molar-refractivity contribution < 1.29 is 53.2 Å². The Morgan fingerprint density at radius 2 is 1.63 bits per heavy atom. The van der Waals surface area contributed by atoms with Crippen molar-refractivity contribution in [1.82, 2.24) is 61.9 Å². The normalized spacial score (nSPS) is 24.2. The molecule has 26 heteroatoms. The SMILES string of the molecule is NC(N)=NCCC[C@@H]1NC(=O)C(CCCNC(=O)C2O[C@H](CNC(=O)Cn3cc(CCCF)nn3)C(O)C(O)[C@@H]2O)n2cc(nn2)[C@H](Cc2ccccc2)NC(=O)CNC(=O)CNC1=O. The van der Waals surface area contributed by atoms with E-state index in [0.717, 1.165) is 5.56 Å². The van der Waals surface area contributed by atoms with E-state index >= 15 is 0 Å². The maximum Gasteiger partial charge on any atom is 0.251 e. The number of alkyl halides is 1. The number of aliphatic hydroxyl groups excluding tert-OH is 3. The number of aryl methyl sites for hydroxylation is 1. The number of aromatic nitrogens is 6. The number of aliphatic imine (C=N–C) groups is 1. The van der Waals surface area contributed by atoms with Gasteiger partial charge in [0.15, 0.2) is 12.1 Å². The van der Waals surface area contributed by atoms with E-state index in [0.29, 0.717) is 12.1 Å². The van der Waals surface area contributed by atoms with E-state index in [1.54, 1.807) is 0 Å². The number of amides is 6. The first-order valence-electron chi connectivity index (χ1n) is 21.1. The molecule has 65 heavy (non-hydrogen) atoms. The number of guanidine groups is 1. The van der Waals surface area contributed by atoms with Crippen molar-refractivity contribution in [2.24, 2.45) is 16.5 Å². The minimum atomic E-state index is -1.85. The predicted octanol–water partition coefficient (Wildman–Crippen LogP) is -4.94. The minimum absolute atomic E-state index is 0.0114. The number of fused-ring (bicyclic) bond motifs is 2. The molecule has 0 aliphatic carbocycles. The zero-order valence-corrected chi connectivity index (χ0v) is 35.4. The molecule has 1 saturated heterocycles. The summed E-state index contributed by atoms with van der Waals surface area (Å²) in [6.07, 6.45) is -4.12. The molecule has 0 radical (unpaired) electrons. The average Bonchev–Trinajstić information content (AvgIpc) is 3.96. The van der Waals surface area contributed by atoms with Crippen LogP contribution in [-0.2, 0) is 52.9 Å². The highest BCUT2D eigenvalue weighted by Crippen LogP contribution is 2.23. The van der Waals surface area contributed by atoms with Crippen molar-refractivity contribution in [1.29, 1.82) is 0 Å². The molecule has 5 rings (SSSR count). The topological polar surface area (TPSA) is 370 Å². The van der Waals surface area contributed by atoms with E-state index < -0.39 is 104 Å². The van der Waals surface area contributed by atoms with Crippen LogP contribution in [0, 0.1) is 0 Å². The third-order valence-electron chi connectivity index (χ3n) is 10.5. The van der Waals surface area contributed by atoms with Crippen LogP contribution in [0.2, 0.25) is 0 Å². The molecule has 13 N–H and O–H groups in total. The van der Waals surface area contributed by atoms with E-state index in [1.165, 1.54) is 21.8 Å². The van der Waals surface area contributed by atoms with Gasteiger partial charge >= 0.3 is 0 Å². The molecule has 1 fully saturated rings. The van der Waals surface area contributed by atoms with Crippen LogP contribution in [0.25, 0.3) is 0 Å². The molecular formula is C39H56FN15O10. The number of aliphatic hydroxyl groups is 3. The summed E-state index contributed by atoms with van der Waals surface area (Å²) in [6, 6.07) is 6.13. The molecule has 0 spiro atoms. The number of hydrogen-bond donors (Lipinski definition) is 11. The number of nitrogens with two attached hydrogens (primary N) is 2. The molecule has 2 bridgehead atoms. The lowest BCUT2D eigenvalue weighted by atomic mass is 9.94. The quantitative estimate of drug-likeness (QED) is 0.0324. The summed E-state index contributed by atoms with van der Waals surface area (Å²) in [5.41, 5.74) is 12.5. The maximum absolute atomic E-state index is 14.1. The van der Waals surface area contributed by atoms with Crippen molar-refractivity contribution >= 4 is 41.4 Å². The molecule has 2 aromatic heterocycles. The highest BCUT2D eigenvalue weighted by molar-refractivity contribution is 5.92. The van der Waals surface area contributed by atoms with Gasteiger partial charge in [0.2, 0.25) is 29.5 Å². The number of ether oxygens (including phenoxy) is 1. The zero-order chi connectivity index (χ0) is 46.9. The molecule has 3 aromatic rings. The Morgan fingerprint density at radius 3 is 2.38 bits per heavy atom. The zero-order valence-electron chi connectivity index (χ0n) is 35.4. The van der Waals surface area contributed by atoms with Gasteiger partial charge in [-0.1, -0.05) is 40.8 Å². The Morgan fingerprint density at radius 1 is 0.862 bits per heavy atom. The van der Waals surface area contributed by atoms with Gasteiger partial charge in [0.05, 0.1) is 37.7 Å². The van der Waals surface area contributed by atoms with Crippen molar-refractivity contribution in [2.75, 3.05) is 39.4 Å². The summed E-state index contributed by atoms with van der Waals surface area (Å²) in [5.74, 6) is -4.18. The molecule has 6 amide bonds. The minimum Gasteiger partial charge on any atom is -0.388 e. The Bertz CT molecular complexity index is 2100. The van der Waals surface area contributed by atoms with E-state index in [-0.39, 0.29) is 76.4 Å². The predicted molar refractivity (Wildman–Crippen MR) is 224 cm³/mol. The molecule has 25 nitrogen and oxygen atoms in total. The maximum atomic E-state index is 14.1. The molecule has 4 unspecified atom stereocenters. The van der Waals surface area contributed by atoms with Crippen molar-refractivity contribution in [3.05, 3.63) is 59.7 Å². The lowest BCUT2D eigenvalue weighted by Crippen LogP contribution is -2.63. The average molecular weight is 914 g/mol. The molecule has 1 aromatic carbocycles. The van der Waals surface area contributed by atoms with Gasteiger partial charge in [-0.15, -0.1) is 10.2 Å². The first-order valence-corrected chi connectivity index (χ1v) is 21.1. The Balaban J connectivity index is 1.27.